The maximum Gasteiger partial charge on any atom is 0.291 e. The number of amides is 1. The van der Waals surface area contributed by atoms with E-state index in [1.165, 1.54) is 11.3 Å². The highest BCUT2D eigenvalue weighted by molar-refractivity contribution is 9.10. The van der Waals surface area contributed by atoms with E-state index in [4.69, 9.17) is 4.42 Å². The Morgan fingerprint density at radius 3 is 2.74 bits per heavy atom. The van der Waals surface area contributed by atoms with Gasteiger partial charge in [0.05, 0.1) is 0 Å². The van der Waals surface area contributed by atoms with Crippen LogP contribution in [0.3, 0.4) is 0 Å². The maximum atomic E-state index is 12.0. The lowest BCUT2D eigenvalue weighted by Gasteiger charge is -2.03. The predicted molar refractivity (Wildman–Crippen MR) is 88.5 cm³/mol. The summed E-state index contributed by atoms with van der Waals surface area (Å²) in [6.45, 7) is 0. The molecule has 1 amide bonds. The first-order valence-corrected chi connectivity index (χ1v) is 8.14. The SMILES string of the molecule is O=C(Nc1ccc(-c2nn3cnnc3s2)cc1)c1ccc(Br)o1. The third kappa shape index (κ3) is 2.76. The Kier molecular flexibility index (Phi) is 3.43. The molecular weight excluding hydrogens is 382 g/mol. The quantitative estimate of drug-likeness (QED) is 0.579. The number of hydrogen-bond donors (Lipinski definition) is 1. The van der Waals surface area contributed by atoms with Crippen LogP contribution in [0.15, 0.2) is 51.8 Å². The van der Waals surface area contributed by atoms with E-state index < -0.39 is 0 Å². The molecule has 1 aromatic carbocycles. The van der Waals surface area contributed by atoms with E-state index in [1.807, 2.05) is 24.3 Å². The molecule has 114 valence electrons. The minimum absolute atomic E-state index is 0.245. The van der Waals surface area contributed by atoms with Crippen LogP contribution in [0, 0.1) is 0 Å². The van der Waals surface area contributed by atoms with Crippen molar-refractivity contribution in [3.8, 4) is 10.6 Å². The van der Waals surface area contributed by atoms with Crippen molar-refractivity contribution in [2.45, 2.75) is 0 Å². The summed E-state index contributed by atoms with van der Waals surface area (Å²) in [5.41, 5.74) is 1.62. The van der Waals surface area contributed by atoms with Crippen LogP contribution >= 0.6 is 27.3 Å². The Morgan fingerprint density at radius 2 is 2.04 bits per heavy atom. The largest absolute Gasteiger partial charge is 0.444 e. The molecule has 23 heavy (non-hydrogen) atoms. The van der Waals surface area contributed by atoms with Gasteiger partial charge in [-0.05, 0) is 52.3 Å². The van der Waals surface area contributed by atoms with Gasteiger partial charge in [0.15, 0.2) is 10.4 Å². The van der Waals surface area contributed by atoms with Gasteiger partial charge in [-0.3, -0.25) is 4.79 Å². The second-order valence-electron chi connectivity index (χ2n) is 4.60. The zero-order chi connectivity index (χ0) is 15.8. The molecule has 9 heteroatoms. The zero-order valence-electron chi connectivity index (χ0n) is 11.4. The van der Waals surface area contributed by atoms with E-state index in [9.17, 15) is 4.79 Å². The molecule has 4 aromatic rings. The minimum Gasteiger partial charge on any atom is -0.444 e. The number of fused-ring (bicyclic) bond motifs is 1. The van der Waals surface area contributed by atoms with Crippen molar-refractivity contribution >= 4 is 43.8 Å². The first-order chi connectivity index (χ1) is 11.2. The monoisotopic (exact) mass is 389 g/mol. The number of carbonyl (C=O) groups is 1. The van der Waals surface area contributed by atoms with Gasteiger partial charge in [0, 0.05) is 11.3 Å². The van der Waals surface area contributed by atoms with Gasteiger partial charge in [-0.25, -0.2) is 0 Å². The van der Waals surface area contributed by atoms with E-state index in [0.29, 0.717) is 10.4 Å². The summed E-state index contributed by atoms with van der Waals surface area (Å²) in [4.78, 5) is 12.7. The number of halogens is 1. The Balaban J connectivity index is 1.53. The molecule has 3 heterocycles. The van der Waals surface area contributed by atoms with Crippen molar-refractivity contribution in [2.24, 2.45) is 0 Å². The summed E-state index contributed by atoms with van der Waals surface area (Å²) in [6, 6.07) is 10.7. The number of benzene rings is 1. The van der Waals surface area contributed by atoms with Crippen LogP contribution in [0.4, 0.5) is 5.69 Å². The van der Waals surface area contributed by atoms with Gasteiger partial charge in [0.1, 0.15) is 11.3 Å². The average molecular weight is 390 g/mol. The fourth-order valence-electron chi connectivity index (χ4n) is 2.00. The summed E-state index contributed by atoms with van der Waals surface area (Å²) in [5, 5.41) is 15.7. The Bertz CT molecular complexity index is 960. The zero-order valence-corrected chi connectivity index (χ0v) is 13.8. The Labute approximate surface area is 142 Å². The summed E-state index contributed by atoms with van der Waals surface area (Å²) >= 11 is 4.62. The fourth-order valence-corrected chi connectivity index (χ4v) is 3.13. The van der Waals surface area contributed by atoms with Gasteiger partial charge in [-0.2, -0.15) is 9.61 Å². The number of nitrogens with one attached hydrogen (secondary N) is 1. The lowest BCUT2D eigenvalue weighted by atomic mass is 10.2. The smallest absolute Gasteiger partial charge is 0.291 e. The predicted octanol–water partition coefficient (Wildman–Crippen LogP) is 3.46. The highest BCUT2D eigenvalue weighted by Crippen LogP contribution is 2.26. The molecule has 0 aliphatic rings. The number of nitrogens with zero attached hydrogens (tertiary/aromatic N) is 4. The fraction of sp³-hybridized carbons (Fsp3) is 0. The third-order valence-corrected chi connectivity index (χ3v) is 4.46. The Hall–Kier alpha value is -2.52. The van der Waals surface area contributed by atoms with Crippen LogP contribution in [0.5, 0.6) is 0 Å². The molecule has 0 radical (unpaired) electrons. The van der Waals surface area contributed by atoms with Crippen LogP contribution < -0.4 is 5.32 Å². The number of anilines is 1. The van der Waals surface area contributed by atoms with Crippen LogP contribution in [-0.2, 0) is 0 Å². The van der Waals surface area contributed by atoms with Crippen LogP contribution in [-0.4, -0.2) is 25.7 Å². The van der Waals surface area contributed by atoms with Crippen molar-refractivity contribution < 1.29 is 9.21 Å². The van der Waals surface area contributed by atoms with Crippen molar-refractivity contribution in [3.63, 3.8) is 0 Å². The molecule has 7 nitrogen and oxygen atoms in total. The summed E-state index contributed by atoms with van der Waals surface area (Å²) in [5.74, 6) is -0.0585. The van der Waals surface area contributed by atoms with E-state index >= 15 is 0 Å². The number of furan rings is 1. The molecule has 0 bridgehead atoms. The number of hydrogen-bond acceptors (Lipinski definition) is 6. The van der Waals surface area contributed by atoms with Crippen LogP contribution in [0.25, 0.3) is 15.5 Å². The van der Waals surface area contributed by atoms with Gasteiger partial charge in [-0.15, -0.1) is 10.2 Å². The molecule has 0 atom stereocenters. The van der Waals surface area contributed by atoms with Crippen molar-refractivity contribution in [1.29, 1.82) is 0 Å². The molecule has 3 aromatic heterocycles. The van der Waals surface area contributed by atoms with Gasteiger partial charge in [-0.1, -0.05) is 11.3 Å². The molecule has 0 saturated heterocycles. The summed E-state index contributed by atoms with van der Waals surface area (Å²) < 4.78 is 7.36. The molecular formula is C14H8BrN5O2S. The van der Waals surface area contributed by atoms with Gasteiger partial charge >= 0.3 is 0 Å². The van der Waals surface area contributed by atoms with E-state index in [2.05, 4.69) is 36.5 Å². The molecule has 0 saturated carbocycles. The molecule has 4 rings (SSSR count). The lowest BCUT2D eigenvalue weighted by molar-refractivity contribution is 0.0995. The maximum absolute atomic E-state index is 12.0. The summed E-state index contributed by atoms with van der Waals surface area (Å²) in [7, 11) is 0. The van der Waals surface area contributed by atoms with Gasteiger partial charge < -0.3 is 9.73 Å². The van der Waals surface area contributed by atoms with E-state index in [1.54, 1.807) is 23.0 Å². The lowest BCUT2D eigenvalue weighted by Crippen LogP contribution is -2.10. The first kappa shape index (κ1) is 14.1. The second kappa shape index (κ2) is 5.60. The van der Waals surface area contributed by atoms with Gasteiger partial charge in [0.25, 0.3) is 5.91 Å². The van der Waals surface area contributed by atoms with E-state index in [0.717, 1.165) is 15.5 Å². The number of carbonyl (C=O) groups excluding carboxylic acids is 1. The molecule has 0 spiro atoms. The van der Waals surface area contributed by atoms with Gasteiger partial charge in [0.2, 0.25) is 4.96 Å². The van der Waals surface area contributed by atoms with E-state index in [-0.39, 0.29) is 11.7 Å². The minimum atomic E-state index is -0.303. The van der Waals surface area contributed by atoms with Crippen molar-refractivity contribution in [2.75, 3.05) is 5.32 Å². The Morgan fingerprint density at radius 1 is 1.22 bits per heavy atom. The van der Waals surface area contributed by atoms with Crippen molar-refractivity contribution in [1.82, 2.24) is 19.8 Å². The number of rotatable bonds is 3. The average Bonchev–Trinajstić information content (AvgIpc) is 3.23. The molecule has 0 fully saturated rings. The molecule has 1 N–H and O–H groups in total. The molecule has 0 aliphatic carbocycles. The van der Waals surface area contributed by atoms with Crippen molar-refractivity contribution in [3.05, 3.63) is 53.2 Å². The topological polar surface area (TPSA) is 85.3 Å². The normalized spacial score (nSPS) is 11.0. The van der Waals surface area contributed by atoms with Crippen LogP contribution in [0.2, 0.25) is 0 Å². The van der Waals surface area contributed by atoms with Crippen LogP contribution in [0.1, 0.15) is 10.6 Å². The second-order valence-corrected chi connectivity index (χ2v) is 6.34. The highest BCUT2D eigenvalue weighted by Gasteiger charge is 2.11. The number of aromatic nitrogens is 4. The highest BCUT2D eigenvalue weighted by atomic mass is 79.9. The summed E-state index contributed by atoms with van der Waals surface area (Å²) in [6.07, 6.45) is 1.56. The third-order valence-electron chi connectivity index (χ3n) is 3.07. The molecule has 0 aliphatic heterocycles. The molecule has 0 unspecified atom stereocenters. The standard InChI is InChI=1S/C14H8BrN5O2S/c15-11-6-5-10(22-11)12(21)17-9-3-1-8(2-4-9)13-19-20-7-16-18-14(20)23-13/h1-7H,(H,17,21). The first-order valence-electron chi connectivity index (χ1n) is 6.53.